The van der Waals surface area contributed by atoms with Gasteiger partial charge in [0.2, 0.25) is 5.91 Å². The third-order valence-corrected chi connectivity index (χ3v) is 6.16. The summed E-state index contributed by atoms with van der Waals surface area (Å²) < 4.78 is 5.36. The number of carbonyl (C=O) groups excluding carboxylic acids is 2. The van der Waals surface area contributed by atoms with Crippen molar-refractivity contribution in [1.82, 2.24) is 15.5 Å². The van der Waals surface area contributed by atoms with Crippen molar-refractivity contribution in [2.24, 2.45) is 0 Å². The van der Waals surface area contributed by atoms with E-state index in [4.69, 9.17) is 16.3 Å². The highest BCUT2D eigenvalue weighted by molar-refractivity contribution is 6.31. The largest absolute Gasteiger partial charge is 0.378 e. The van der Waals surface area contributed by atoms with E-state index >= 15 is 0 Å². The number of fused-ring (bicyclic) bond motifs is 1. The molecule has 2 aliphatic rings. The molecule has 4 rings (SSSR count). The third-order valence-electron chi connectivity index (χ3n) is 5.81. The summed E-state index contributed by atoms with van der Waals surface area (Å²) in [4.78, 5) is 27.6. The lowest BCUT2D eigenvalue weighted by molar-refractivity contribution is -0.136. The number of nitrogens with one attached hydrogen (secondary N) is 2. The number of benzene rings is 2. The summed E-state index contributed by atoms with van der Waals surface area (Å²) in [6, 6.07) is 15.1. The quantitative estimate of drug-likeness (QED) is 0.769. The van der Waals surface area contributed by atoms with Crippen LogP contribution < -0.4 is 10.6 Å². The first-order valence-corrected chi connectivity index (χ1v) is 10.7. The van der Waals surface area contributed by atoms with Crippen LogP contribution in [0, 0.1) is 0 Å². The summed E-state index contributed by atoms with van der Waals surface area (Å²) in [5.74, 6) is -0.414. The van der Waals surface area contributed by atoms with E-state index in [1.807, 2.05) is 53.4 Å². The van der Waals surface area contributed by atoms with Crippen molar-refractivity contribution in [1.29, 1.82) is 0 Å². The lowest BCUT2D eigenvalue weighted by Crippen LogP contribution is -2.47. The second-order valence-corrected chi connectivity index (χ2v) is 8.06. The average Bonchev–Trinajstić information content (AvgIpc) is 3.19. The summed E-state index contributed by atoms with van der Waals surface area (Å²) in [5.41, 5.74) is 3.07. The number of amides is 3. The normalized spacial score (nSPS) is 19.1. The van der Waals surface area contributed by atoms with E-state index in [1.54, 1.807) is 0 Å². The van der Waals surface area contributed by atoms with Gasteiger partial charge in [-0.1, -0.05) is 54.1 Å². The van der Waals surface area contributed by atoms with Crippen molar-refractivity contribution in [3.8, 4) is 0 Å². The van der Waals surface area contributed by atoms with Crippen LogP contribution in [0.2, 0.25) is 5.02 Å². The molecular weight excluding hydrogens is 402 g/mol. The highest BCUT2D eigenvalue weighted by Crippen LogP contribution is 2.35. The Balaban J connectivity index is 1.41. The number of morpholine rings is 1. The molecule has 1 saturated heterocycles. The molecule has 0 bridgehead atoms. The second kappa shape index (κ2) is 9.49. The van der Waals surface area contributed by atoms with Crippen molar-refractivity contribution in [3.63, 3.8) is 0 Å². The van der Waals surface area contributed by atoms with Gasteiger partial charge in [0.15, 0.2) is 0 Å². The summed E-state index contributed by atoms with van der Waals surface area (Å²) in [5, 5.41) is 6.69. The minimum Gasteiger partial charge on any atom is -0.378 e. The molecule has 3 amide bonds. The van der Waals surface area contributed by atoms with E-state index in [2.05, 4.69) is 10.6 Å². The fourth-order valence-corrected chi connectivity index (χ4v) is 4.48. The van der Waals surface area contributed by atoms with Crippen molar-refractivity contribution >= 4 is 23.5 Å². The van der Waals surface area contributed by atoms with Gasteiger partial charge in [-0.05, 0) is 35.6 Å². The van der Waals surface area contributed by atoms with Gasteiger partial charge < -0.3 is 20.3 Å². The van der Waals surface area contributed by atoms with Gasteiger partial charge in [0.05, 0.1) is 25.2 Å². The highest BCUT2D eigenvalue weighted by atomic mass is 35.5. The first-order chi connectivity index (χ1) is 14.6. The predicted octanol–water partition coefficient (Wildman–Crippen LogP) is 3.27. The number of nitrogens with zero attached hydrogens (tertiary/aromatic N) is 1. The Morgan fingerprint density at radius 3 is 2.63 bits per heavy atom. The van der Waals surface area contributed by atoms with Crippen LogP contribution in [0.1, 0.15) is 35.1 Å². The highest BCUT2D eigenvalue weighted by Gasteiger charge is 2.29. The molecule has 1 heterocycles. The maximum absolute atomic E-state index is 13.1. The van der Waals surface area contributed by atoms with Crippen molar-refractivity contribution in [2.75, 3.05) is 32.8 Å². The lowest BCUT2D eigenvalue weighted by Gasteiger charge is -2.31. The van der Waals surface area contributed by atoms with Gasteiger partial charge >= 0.3 is 6.03 Å². The SMILES string of the molecule is O=C(NCC(C(=O)N1CCOCC1)c1ccccc1)NC1CCc2c(Cl)cccc21. The molecular formula is C23H26ClN3O3. The summed E-state index contributed by atoms with van der Waals surface area (Å²) in [6.07, 6.45) is 1.67. The maximum Gasteiger partial charge on any atom is 0.315 e. The molecule has 6 nitrogen and oxygen atoms in total. The Hall–Kier alpha value is -2.57. The van der Waals surface area contributed by atoms with Crippen LogP contribution in [0.4, 0.5) is 4.79 Å². The molecule has 30 heavy (non-hydrogen) atoms. The zero-order chi connectivity index (χ0) is 20.9. The standard InChI is InChI=1S/C23H26ClN3O3/c24-20-8-4-7-18-17(20)9-10-21(18)26-23(29)25-15-19(16-5-2-1-3-6-16)22(28)27-11-13-30-14-12-27/h1-8,19,21H,9-15H2,(H2,25,26,29). The smallest absolute Gasteiger partial charge is 0.315 e. The zero-order valence-electron chi connectivity index (χ0n) is 16.8. The van der Waals surface area contributed by atoms with E-state index < -0.39 is 5.92 Å². The van der Waals surface area contributed by atoms with Crippen LogP contribution in [0.25, 0.3) is 0 Å². The first kappa shape index (κ1) is 20.7. The van der Waals surface area contributed by atoms with Crippen LogP contribution in [0.15, 0.2) is 48.5 Å². The van der Waals surface area contributed by atoms with Crippen molar-refractivity contribution in [2.45, 2.75) is 24.8 Å². The fraction of sp³-hybridized carbons (Fsp3) is 0.391. The number of halogens is 1. The lowest BCUT2D eigenvalue weighted by atomic mass is 9.97. The molecule has 0 spiro atoms. The average molecular weight is 428 g/mol. The van der Waals surface area contributed by atoms with Crippen LogP contribution in [-0.2, 0) is 16.0 Å². The van der Waals surface area contributed by atoms with Crippen molar-refractivity contribution < 1.29 is 14.3 Å². The van der Waals surface area contributed by atoms with E-state index in [-0.39, 0.29) is 24.5 Å². The Labute approximate surface area is 181 Å². The van der Waals surface area contributed by atoms with Gasteiger partial charge in [0.25, 0.3) is 0 Å². The number of ether oxygens (including phenoxy) is 1. The molecule has 1 fully saturated rings. The molecule has 0 aromatic heterocycles. The Kier molecular flexibility index (Phi) is 6.55. The topological polar surface area (TPSA) is 70.7 Å². The molecule has 2 aromatic carbocycles. The molecule has 7 heteroatoms. The van der Waals surface area contributed by atoms with E-state index in [9.17, 15) is 9.59 Å². The Bertz CT molecular complexity index is 900. The fourth-order valence-electron chi connectivity index (χ4n) is 4.20. The van der Waals surface area contributed by atoms with Gasteiger partial charge in [-0.2, -0.15) is 0 Å². The maximum atomic E-state index is 13.1. The van der Waals surface area contributed by atoms with E-state index in [0.29, 0.717) is 26.3 Å². The monoisotopic (exact) mass is 427 g/mol. The molecule has 0 saturated carbocycles. The molecule has 1 aliphatic carbocycles. The molecule has 2 N–H and O–H groups in total. The number of carbonyl (C=O) groups is 2. The van der Waals surface area contributed by atoms with Crippen LogP contribution in [-0.4, -0.2) is 49.7 Å². The van der Waals surface area contributed by atoms with Gasteiger partial charge in [-0.3, -0.25) is 4.79 Å². The third kappa shape index (κ3) is 4.60. The molecule has 158 valence electrons. The number of hydrogen-bond donors (Lipinski definition) is 2. The number of hydrogen-bond acceptors (Lipinski definition) is 3. The van der Waals surface area contributed by atoms with E-state index in [1.165, 1.54) is 0 Å². The zero-order valence-corrected chi connectivity index (χ0v) is 17.5. The molecule has 2 unspecified atom stereocenters. The van der Waals surface area contributed by atoms with Crippen LogP contribution >= 0.6 is 11.6 Å². The molecule has 2 aromatic rings. The van der Waals surface area contributed by atoms with Crippen LogP contribution in [0.5, 0.6) is 0 Å². The Morgan fingerprint density at radius 2 is 1.87 bits per heavy atom. The molecule has 1 aliphatic heterocycles. The van der Waals surface area contributed by atoms with Crippen LogP contribution in [0.3, 0.4) is 0 Å². The number of urea groups is 1. The van der Waals surface area contributed by atoms with Gasteiger partial charge in [-0.25, -0.2) is 4.79 Å². The minimum absolute atomic E-state index is 0.0165. The summed E-state index contributed by atoms with van der Waals surface area (Å²) in [6.45, 7) is 2.48. The second-order valence-electron chi connectivity index (χ2n) is 7.65. The number of rotatable bonds is 5. The Morgan fingerprint density at radius 1 is 1.10 bits per heavy atom. The van der Waals surface area contributed by atoms with Crippen molar-refractivity contribution in [3.05, 3.63) is 70.2 Å². The minimum atomic E-state index is -0.430. The first-order valence-electron chi connectivity index (χ1n) is 10.4. The predicted molar refractivity (Wildman–Crippen MR) is 116 cm³/mol. The van der Waals surface area contributed by atoms with E-state index in [0.717, 1.165) is 34.6 Å². The summed E-state index contributed by atoms with van der Waals surface area (Å²) in [7, 11) is 0. The molecule has 2 atom stereocenters. The molecule has 0 radical (unpaired) electrons. The van der Waals surface area contributed by atoms with Gasteiger partial charge in [0.1, 0.15) is 0 Å². The van der Waals surface area contributed by atoms with Gasteiger partial charge in [0, 0.05) is 24.7 Å². The summed E-state index contributed by atoms with van der Waals surface area (Å²) >= 11 is 6.27. The van der Waals surface area contributed by atoms with Gasteiger partial charge in [-0.15, -0.1) is 0 Å².